The highest BCUT2D eigenvalue weighted by molar-refractivity contribution is 5.82. The lowest BCUT2D eigenvalue weighted by atomic mass is 9.96. The molecule has 1 aliphatic rings. The first-order chi connectivity index (χ1) is 13.1. The molecule has 1 fully saturated rings. The van der Waals surface area contributed by atoms with Gasteiger partial charge in [-0.25, -0.2) is 9.97 Å². The molecule has 1 saturated heterocycles. The van der Waals surface area contributed by atoms with Crippen LogP contribution in [-0.2, 0) is 6.61 Å². The third-order valence-corrected chi connectivity index (χ3v) is 5.54. The van der Waals surface area contributed by atoms with Crippen molar-refractivity contribution in [3.8, 4) is 0 Å². The number of aliphatic hydroxyl groups is 1. The largest absolute Gasteiger partial charge is 0.392 e. The topological polar surface area (TPSA) is 54.2 Å². The molecule has 27 heavy (non-hydrogen) atoms. The Morgan fingerprint density at radius 3 is 2.89 bits per heavy atom. The molecular formula is C22H28N4O. The molecule has 2 aromatic heterocycles. The molecule has 3 heterocycles. The molecular weight excluding hydrogens is 336 g/mol. The maximum absolute atomic E-state index is 9.95. The molecule has 142 valence electrons. The minimum atomic E-state index is 0.00787. The van der Waals surface area contributed by atoms with Gasteiger partial charge in [-0.05, 0) is 51.3 Å². The van der Waals surface area contributed by atoms with Gasteiger partial charge < -0.3 is 14.6 Å². The van der Waals surface area contributed by atoms with Gasteiger partial charge in [-0.3, -0.25) is 0 Å². The lowest BCUT2D eigenvalue weighted by Gasteiger charge is -2.35. The highest BCUT2D eigenvalue weighted by Gasteiger charge is 2.27. The summed E-state index contributed by atoms with van der Waals surface area (Å²) in [6.07, 6.45) is 6.23. The second-order valence-electron chi connectivity index (χ2n) is 7.90. The van der Waals surface area contributed by atoms with Gasteiger partial charge in [-0.15, -0.1) is 0 Å². The summed E-state index contributed by atoms with van der Waals surface area (Å²) in [6.45, 7) is 8.35. The first-order valence-electron chi connectivity index (χ1n) is 9.85. The van der Waals surface area contributed by atoms with Crippen molar-refractivity contribution in [1.82, 2.24) is 14.5 Å². The predicted molar refractivity (Wildman–Crippen MR) is 109 cm³/mol. The predicted octanol–water partition coefficient (Wildman–Crippen LogP) is 4.20. The number of rotatable bonds is 4. The van der Waals surface area contributed by atoms with Crippen LogP contribution in [0, 0.1) is 6.92 Å². The number of anilines is 1. The van der Waals surface area contributed by atoms with E-state index in [0.29, 0.717) is 12.0 Å². The van der Waals surface area contributed by atoms with E-state index in [1.54, 1.807) is 0 Å². The monoisotopic (exact) mass is 364 g/mol. The molecule has 4 rings (SSSR count). The van der Waals surface area contributed by atoms with Crippen molar-refractivity contribution in [1.29, 1.82) is 0 Å². The molecule has 1 N–H and O–H groups in total. The molecule has 5 nitrogen and oxygen atoms in total. The molecule has 0 spiro atoms. The number of fused-ring (bicyclic) bond motifs is 1. The third kappa shape index (κ3) is 3.44. The summed E-state index contributed by atoms with van der Waals surface area (Å²) in [4.78, 5) is 11.9. The van der Waals surface area contributed by atoms with Gasteiger partial charge in [0.05, 0.1) is 12.1 Å². The standard InChI is InChI=1S/C22H28N4O/c1-15(2)26-10-8-23-21(26)18-5-4-9-25(13-18)22-19(14-27)12-17-7-6-16(3)11-20(17)24-22/h6-8,10-12,15,18,27H,4-5,9,13-14H2,1-3H3/t18-/m1/s1. The molecule has 5 heteroatoms. The maximum atomic E-state index is 9.95. The van der Waals surface area contributed by atoms with E-state index in [1.165, 1.54) is 5.56 Å². The van der Waals surface area contributed by atoms with E-state index in [1.807, 2.05) is 6.20 Å². The van der Waals surface area contributed by atoms with Gasteiger partial charge in [-0.2, -0.15) is 0 Å². The highest BCUT2D eigenvalue weighted by atomic mass is 16.3. The zero-order valence-corrected chi connectivity index (χ0v) is 16.4. The van der Waals surface area contributed by atoms with Crippen LogP contribution in [0.4, 0.5) is 5.82 Å². The molecule has 0 radical (unpaired) electrons. The Kier molecular flexibility index (Phi) is 4.87. The molecule has 1 aliphatic heterocycles. The van der Waals surface area contributed by atoms with Crippen molar-refractivity contribution < 1.29 is 5.11 Å². The van der Waals surface area contributed by atoms with E-state index in [4.69, 9.17) is 4.98 Å². The lowest BCUT2D eigenvalue weighted by Crippen LogP contribution is -2.36. The van der Waals surface area contributed by atoms with Crippen LogP contribution in [0.15, 0.2) is 36.7 Å². The number of piperidine rings is 1. The van der Waals surface area contributed by atoms with Crippen LogP contribution < -0.4 is 4.90 Å². The van der Waals surface area contributed by atoms with E-state index in [2.05, 4.69) is 65.7 Å². The molecule has 0 amide bonds. The summed E-state index contributed by atoms with van der Waals surface area (Å²) in [7, 11) is 0. The van der Waals surface area contributed by atoms with E-state index < -0.39 is 0 Å². The molecule has 0 unspecified atom stereocenters. The average molecular weight is 364 g/mol. The Bertz CT molecular complexity index is 947. The van der Waals surface area contributed by atoms with Gasteiger partial charge in [0.25, 0.3) is 0 Å². The summed E-state index contributed by atoms with van der Waals surface area (Å²) in [6, 6.07) is 8.78. The van der Waals surface area contributed by atoms with Crippen molar-refractivity contribution in [2.24, 2.45) is 0 Å². The number of benzene rings is 1. The van der Waals surface area contributed by atoms with Gasteiger partial charge >= 0.3 is 0 Å². The smallest absolute Gasteiger partial charge is 0.134 e. The maximum Gasteiger partial charge on any atom is 0.134 e. The summed E-state index contributed by atoms with van der Waals surface area (Å²) in [5.74, 6) is 2.47. The summed E-state index contributed by atoms with van der Waals surface area (Å²) < 4.78 is 2.28. The number of aliphatic hydroxyl groups excluding tert-OH is 1. The van der Waals surface area contributed by atoms with Crippen LogP contribution in [0.3, 0.4) is 0 Å². The van der Waals surface area contributed by atoms with Crippen molar-refractivity contribution >= 4 is 16.7 Å². The van der Waals surface area contributed by atoms with Crippen LogP contribution in [0.2, 0.25) is 0 Å². The number of pyridine rings is 1. The van der Waals surface area contributed by atoms with Gasteiger partial charge in [0.1, 0.15) is 11.6 Å². The molecule has 1 aromatic carbocycles. The van der Waals surface area contributed by atoms with Gasteiger partial charge in [-0.1, -0.05) is 12.1 Å². The Balaban J connectivity index is 1.69. The summed E-state index contributed by atoms with van der Waals surface area (Å²) in [5.41, 5.74) is 3.10. The second kappa shape index (κ2) is 7.31. The Labute approximate surface area is 160 Å². The van der Waals surface area contributed by atoms with E-state index in [0.717, 1.165) is 54.0 Å². The Morgan fingerprint density at radius 1 is 1.26 bits per heavy atom. The fourth-order valence-electron chi connectivity index (χ4n) is 4.16. The fourth-order valence-corrected chi connectivity index (χ4v) is 4.16. The van der Waals surface area contributed by atoms with Crippen LogP contribution in [0.5, 0.6) is 0 Å². The van der Waals surface area contributed by atoms with Crippen molar-refractivity contribution in [2.75, 3.05) is 18.0 Å². The number of hydrogen-bond acceptors (Lipinski definition) is 4. The minimum Gasteiger partial charge on any atom is -0.392 e. The molecule has 3 aromatic rings. The molecule has 0 saturated carbocycles. The Morgan fingerprint density at radius 2 is 2.11 bits per heavy atom. The lowest BCUT2D eigenvalue weighted by molar-refractivity contribution is 0.281. The number of imidazole rings is 1. The first-order valence-corrected chi connectivity index (χ1v) is 9.85. The number of nitrogens with zero attached hydrogens (tertiary/aromatic N) is 4. The van der Waals surface area contributed by atoms with E-state index in [-0.39, 0.29) is 6.61 Å². The quantitative estimate of drug-likeness (QED) is 0.754. The van der Waals surface area contributed by atoms with Gasteiger partial charge in [0.15, 0.2) is 0 Å². The van der Waals surface area contributed by atoms with Crippen LogP contribution >= 0.6 is 0 Å². The third-order valence-electron chi connectivity index (χ3n) is 5.54. The first kappa shape index (κ1) is 18.0. The van der Waals surface area contributed by atoms with Crippen molar-refractivity contribution in [2.45, 2.75) is 52.2 Å². The van der Waals surface area contributed by atoms with Crippen LogP contribution in [0.25, 0.3) is 10.9 Å². The number of aromatic nitrogens is 3. The average Bonchev–Trinajstić information content (AvgIpc) is 3.17. The van der Waals surface area contributed by atoms with Crippen LogP contribution in [-0.4, -0.2) is 32.7 Å². The summed E-state index contributed by atoms with van der Waals surface area (Å²) in [5, 5.41) is 11.0. The second-order valence-corrected chi connectivity index (χ2v) is 7.90. The zero-order chi connectivity index (χ0) is 19.0. The number of aryl methyl sites for hydroxylation is 1. The molecule has 0 aliphatic carbocycles. The summed E-state index contributed by atoms with van der Waals surface area (Å²) >= 11 is 0. The van der Waals surface area contributed by atoms with E-state index in [9.17, 15) is 5.11 Å². The van der Waals surface area contributed by atoms with Crippen molar-refractivity contribution in [3.63, 3.8) is 0 Å². The molecule has 0 bridgehead atoms. The zero-order valence-electron chi connectivity index (χ0n) is 16.4. The highest BCUT2D eigenvalue weighted by Crippen LogP contribution is 2.32. The SMILES string of the molecule is Cc1ccc2cc(CO)c(N3CCC[C@@H](c4nccn4C(C)C)C3)nc2c1. The Hall–Kier alpha value is -2.40. The van der Waals surface area contributed by atoms with Crippen LogP contribution in [0.1, 0.15) is 55.6 Å². The normalized spacial score (nSPS) is 17.8. The fraction of sp³-hybridized carbons (Fsp3) is 0.455. The van der Waals surface area contributed by atoms with Crippen molar-refractivity contribution in [3.05, 3.63) is 53.6 Å². The van der Waals surface area contributed by atoms with Gasteiger partial charge in [0.2, 0.25) is 0 Å². The van der Waals surface area contributed by atoms with E-state index >= 15 is 0 Å². The van der Waals surface area contributed by atoms with Gasteiger partial charge in [0, 0.05) is 48.4 Å². The minimum absolute atomic E-state index is 0.00787. The number of hydrogen-bond donors (Lipinski definition) is 1. The molecule has 1 atom stereocenters.